The third-order valence-electron chi connectivity index (χ3n) is 3.03. The van der Waals surface area contributed by atoms with Gasteiger partial charge in [-0.3, -0.25) is 19.8 Å². The van der Waals surface area contributed by atoms with Gasteiger partial charge in [-0.2, -0.15) is 0 Å². The third-order valence-corrected chi connectivity index (χ3v) is 3.72. The first-order valence-corrected chi connectivity index (χ1v) is 6.81. The first-order valence-electron chi connectivity index (χ1n) is 6.02. The van der Waals surface area contributed by atoms with Crippen LogP contribution in [0.3, 0.4) is 0 Å². The molecule has 1 aromatic carbocycles. The monoisotopic (exact) mass is 326 g/mol. The standard InChI is InChI=1S/C13H15BrN2O3/c14-11-4-2-1-3-10(11)13(19)15-12(18)7-16-5-9(6-16)8-17/h1-4,9,17H,5-8H2,(H,15,18,19). The smallest absolute Gasteiger partial charge is 0.259 e. The van der Waals surface area contributed by atoms with Crippen molar-refractivity contribution in [2.45, 2.75) is 0 Å². The molecule has 1 fully saturated rings. The lowest BCUT2D eigenvalue weighted by atomic mass is 10.0. The second-order valence-corrected chi connectivity index (χ2v) is 5.45. The molecule has 1 aliphatic rings. The van der Waals surface area contributed by atoms with Crippen molar-refractivity contribution in [3.8, 4) is 0 Å². The Kier molecular flexibility index (Phi) is 4.68. The van der Waals surface area contributed by atoms with Crippen LogP contribution in [0.15, 0.2) is 28.7 Å². The number of carbonyl (C=O) groups excluding carboxylic acids is 2. The van der Waals surface area contributed by atoms with Crippen molar-refractivity contribution in [3.63, 3.8) is 0 Å². The molecule has 1 heterocycles. The van der Waals surface area contributed by atoms with Crippen LogP contribution in [0.2, 0.25) is 0 Å². The first-order chi connectivity index (χ1) is 9.10. The molecule has 2 rings (SSSR count). The molecule has 102 valence electrons. The Morgan fingerprint density at radius 2 is 2.05 bits per heavy atom. The normalized spacial score (nSPS) is 15.9. The lowest BCUT2D eigenvalue weighted by Crippen LogP contribution is -2.52. The van der Waals surface area contributed by atoms with Gasteiger partial charge in [-0.1, -0.05) is 12.1 Å². The maximum atomic E-state index is 11.9. The van der Waals surface area contributed by atoms with Crippen molar-refractivity contribution >= 4 is 27.7 Å². The molecule has 5 nitrogen and oxygen atoms in total. The zero-order valence-electron chi connectivity index (χ0n) is 10.3. The highest BCUT2D eigenvalue weighted by molar-refractivity contribution is 9.10. The maximum Gasteiger partial charge on any atom is 0.259 e. The van der Waals surface area contributed by atoms with Crippen LogP contribution in [0.1, 0.15) is 10.4 Å². The molecule has 0 aliphatic carbocycles. The highest BCUT2D eigenvalue weighted by Crippen LogP contribution is 2.16. The molecule has 0 spiro atoms. The molecule has 0 radical (unpaired) electrons. The molecule has 0 aromatic heterocycles. The number of carbonyl (C=O) groups is 2. The van der Waals surface area contributed by atoms with Gasteiger partial charge in [0.2, 0.25) is 5.91 Å². The number of likely N-dealkylation sites (tertiary alicyclic amines) is 1. The van der Waals surface area contributed by atoms with Crippen LogP contribution in [-0.2, 0) is 4.79 Å². The van der Waals surface area contributed by atoms with E-state index in [-0.39, 0.29) is 25.0 Å². The molecule has 6 heteroatoms. The summed E-state index contributed by atoms with van der Waals surface area (Å²) in [4.78, 5) is 25.4. The number of aliphatic hydroxyl groups is 1. The topological polar surface area (TPSA) is 69.6 Å². The summed E-state index contributed by atoms with van der Waals surface area (Å²) in [6.07, 6.45) is 0. The fourth-order valence-electron chi connectivity index (χ4n) is 2.00. The number of halogens is 1. The lowest BCUT2D eigenvalue weighted by Gasteiger charge is -2.37. The SMILES string of the molecule is O=C(CN1CC(CO)C1)NC(=O)c1ccccc1Br. The van der Waals surface area contributed by atoms with E-state index in [1.807, 2.05) is 4.90 Å². The number of nitrogens with zero attached hydrogens (tertiary/aromatic N) is 1. The Balaban J connectivity index is 1.83. The molecule has 1 saturated heterocycles. The Morgan fingerprint density at radius 1 is 1.37 bits per heavy atom. The second kappa shape index (κ2) is 6.27. The predicted octanol–water partition coefficient (Wildman–Crippen LogP) is 0.630. The molecule has 2 N–H and O–H groups in total. The summed E-state index contributed by atoms with van der Waals surface area (Å²) in [5.74, 6) is -0.472. The number of amides is 2. The van der Waals surface area contributed by atoms with Crippen molar-refractivity contribution in [2.24, 2.45) is 5.92 Å². The molecule has 1 aliphatic heterocycles. The van der Waals surface area contributed by atoms with E-state index in [0.717, 1.165) is 0 Å². The second-order valence-electron chi connectivity index (χ2n) is 4.60. The lowest BCUT2D eigenvalue weighted by molar-refractivity contribution is -0.123. The predicted molar refractivity (Wildman–Crippen MR) is 73.6 cm³/mol. The van der Waals surface area contributed by atoms with Crippen LogP contribution in [0.4, 0.5) is 0 Å². The summed E-state index contributed by atoms with van der Waals surface area (Å²) >= 11 is 3.27. The summed E-state index contributed by atoms with van der Waals surface area (Å²) in [5, 5.41) is 11.2. The highest BCUT2D eigenvalue weighted by Gasteiger charge is 2.27. The molecular formula is C13H15BrN2O3. The van der Waals surface area contributed by atoms with E-state index in [1.54, 1.807) is 24.3 Å². The Morgan fingerprint density at radius 3 is 2.68 bits per heavy atom. The number of aliphatic hydroxyl groups excluding tert-OH is 1. The van der Waals surface area contributed by atoms with Crippen molar-refractivity contribution in [1.82, 2.24) is 10.2 Å². The summed E-state index contributed by atoms with van der Waals surface area (Å²) in [6, 6.07) is 6.95. The van der Waals surface area contributed by atoms with Gasteiger partial charge in [0.25, 0.3) is 5.91 Å². The number of nitrogens with one attached hydrogen (secondary N) is 1. The van der Waals surface area contributed by atoms with Gasteiger partial charge in [-0.15, -0.1) is 0 Å². The van der Waals surface area contributed by atoms with E-state index in [0.29, 0.717) is 23.1 Å². The minimum absolute atomic E-state index is 0.147. The Bertz CT molecular complexity index is 487. The van der Waals surface area contributed by atoms with Crippen LogP contribution in [0.5, 0.6) is 0 Å². The van der Waals surface area contributed by atoms with Crippen molar-refractivity contribution in [1.29, 1.82) is 0 Å². The number of hydrogen-bond acceptors (Lipinski definition) is 4. The van der Waals surface area contributed by atoms with Gasteiger partial charge in [0, 0.05) is 30.1 Å². The van der Waals surface area contributed by atoms with Crippen molar-refractivity contribution < 1.29 is 14.7 Å². The van der Waals surface area contributed by atoms with E-state index in [4.69, 9.17) is 5.11 Å². The van der Waals surface area contributed by atoms with E-state index in [1.165, 1.54) is 0 Å². The van der Waals surface area contributed by atoms with Crippen LogP contribution >= 0.6 is 15.9 Å². The highest BCUT2D eigenvalue weighted by atomic mass is 79.9. The summed E-state index contributed by atoms with van der Waals surface area (Å²) < 4.78 is 0.657. The molecule has 2 amide bonds. The number of benzene rings is 1. The van der Waals surface area contributed by atoms with E-state index >= 15 is 0 Å². The van der Waals surface area contributed by atoms with Gasteiger partial charge < -0.3 is 5.11 Å². The van der Waals surface area contributed by atoms with Crippen LogP contribution < -0.4 is 5.32 Å². The zero-order valence-corrected chi connectivity index (χ0v) is 11.9. The maximum absolute atomic E-state index is 11.9. The number of rotatable bonds is 4. The zero-order chi connectivity index (χ0) is 13.8. The van der Waals surface area contributed by atoms with E-state index in [9.17, 15) is 9.59 Å². The number of imide groups is 1. The van der Waals surface area contributed by atoms with E-state index in [2.05, 4.69) is 21.2 Å². The van der Waals surface area contributed by atoms with Gasteiger partial charge in [0.15, 0.2) is 0 Å². The Hall–Kier alpha value is -1.24. The molecule has 19 heavy (non-hydrogen) atoms. The molecule has 0 saturated carbocycles. The largest absolute Gasteiger partial charge is 0.396 e. The molecule has 0 unspecified atom stereocenters. The number of hydrogen-bond donors (Lipinski definition) is 2. The van der Waals surface area contributed by atoms with Crippen molar-refractivity contribution in [3.05, 3.63) is 34.3 Å². The van der Waals surface area contributed by atoms with Crippen LogP contribution in [0, 0.1) is 5.92 Å². The fourth-order valence-corrected chi connectivity index (χ4v) is 2.47. The van der Waals surface area contributed by atoms with Gasteiger partial charge >= 0.3 is 0 Å². The first kappa shape index (κ1) is 14.2. The van der Waals surface area contributed by atoms with Crippen molar-refractivity contribution in [2.75, 3.05) is 26.2 Å². The van der Waals surface area contributed by atoms with Gasteiger partial charge in [0.05, 0.1) is 12.1 Å². The average Bonchev–Trinajstić information content (AvgIpc) is 2.33. The van der Waals surface area contributed by atoms with Crippen LogP contribution in [-0.4, -0.2) is 48.1 Å². The van der Waals surface area contributed by atoms with Gasteiger partial charge in [-0.25, -0.2) is 0 Å². The van der Waals surface area contributed by atoms with Gasteiger partial charge in [-0.05, 0) is 28.1 Å². The molecule has 1 aromatic rings. The summed E-state index contributed by atoms with van der Waals surface area (Å²) in [6.45, 7) is 1.74. The fraction of sp³-hybridized carbons (Fsp3) is 0.385. The Labute approximate surface area is 119 Å². The summed E-state index contributed by atoms with van der Waals surface area (Å²) in [5.41, 5.74) is 0.438. The quantitative estimate of drug-likeness (QED) is 0.851. The molecule has 0 atom stereocenters. The van der Waals surface area contributed by atoms with E-state index < -0.39 is 5.91 Å². The average molecular weight is 327 g/mol. The van der Waals surface area contributed by atoms with Gasteiger partial charge in [0.1, 0.15) is 0 Å². The minimum atomic E-state index is -0.406. The molecule has 0 bridgehead atoms. The minimum Gasteiger partial charge on any atom is -0.396 e. The molecular weight excluding hydrogens is 312 g/mol. The van der Waals surface area contributed by atoms with Crippen LogP contribution in [0.25, 0.3) is 0 Å². The third kappa shape index (κ3) is 3.62. The summed E-state index contributed by atoms with van der Waals surface area (Å²) in [7, 11) is 0.